The van der Waals surface area contributed by atoms with Crippen molar-refractivity contribution in [2.24, 2.45) is 0 Å². The number of thiazole rings is 1. The van der Waals surface area contributed by atoms with Crippen molar-refractivity contribution in [3.8, 4) is 5.69 Å². The number of hydrogen-bond acceptors (Lipinski definition) is 4. The Hall–Kier alpha value is -2.40. The average molecular weight is 268 g/mol. The molecule has 0 saturated heterocycles. The Labute approximate surface area is 114 Å². The second kappa shape index (κ2) is 5.07. The Kier molecular flexibility index (Phi) is 3.12. The van der Waals surface area contributed by atoms with Crippen LogP contribution in [0, 0.1) is 0 Å². The fourth-order valence-electron chi connectivity index (χ4n) is 1.71. The minimum atomic E-state index is 0.578. The van der Waals surface area contributed by atoms with Crippen molar-refractivity contribution < 1.29 is 0 Å². The van der Waals surface area contributed by atoms with Crippen LogP contribution in [0.3, 0.4) is 0 Å². The number of imidazole rings is 1. The predicted molar refractivity (Wildman–Crippen MR) is 79.0 cm³/mol. The zero-order valence-corrected chi connectivity index (χ0v) is 10.9. The van der Waals surface area contributed by atoms with Crippen LogP contribution < -0.4 is 5.73 Å². The first-order valence-corrected chi connectivity index (χ1v) is 6.68. The SMILES string of the molecule is Nc1nc(/C=C/c2cn(-c3ccccc3)cn2)cs1. The molecule has 2 aromatic heterocycles. The molecular formula is C14H12N4S. The fraction of sp³-hybridized carbons (Fsp3) is 0. The zero-order chi connectivity index (χ0) is 13.1. The molecule has 3 aromatic rings. The monoisotopic (exact) mass is 268 g/mol. The maximum absolute atomic E-state index is 5.58. The molecule has 2 heterocycles. The lowest BCUT2D eigenvalue weighted by molar-refractivity contribution is 1.06. The molecule has 1 aromatic carbocycles. The molecule has 3 rings (SSSR count). The van der Waals surface area contributed by atoms with Crippen LogP contribution in [-0.2, 0) is 0 Å². The number of para-hydroxylation sites is 1. The molecular weight excluding hydrogens is 256 g/mol. The van der Waals surface area contributed by atoms with Gasteiger partial charge in [0, 0.05) is 17.3 Å². The van der Waals surface area contributed by atoms with E-state index < -0.39 is 0 Å². The lowest BCUT2D eigenvalue weighted by atomic mass is 10.3. The van der Waals surface area contributed by atoms with E-state index in [2.05, 4.69) is 9.97 Å². The Bertz CT molecular complexity index is 697. The Morgan fingerprint density at radius 1 is 1.11 bits per heavy atom. The standard InChI is InChI=1S/C14H12N4S/c15-14-17-12(9-19-14)7-6-11-8-18(10-16-11)13-4-2-1-3-5-13/h1-10H,(H2,15,17)/b7-6+. The van der Waals surface area contributed by atoms with Gasteiger partial charge in [-0.05, 0) is 24.3 Å². The van der Waals surface area contributed by atoms with Crippen molar-refractivity contribution >= 4 is 28.6 Å². The Morgan fingerprint density at radius 2 is 1.89 bits per heavy atom. The first-order chi connectivity index (χ1) is 9.31. The summed E-state index contributed by atoms with van der Waals surface area (Å²) in [6.45, 7) is 0. The molecule has 0 bridgehead atoms. The van der Waals surface area contributed by atoms with E-state index in [0.29, 0.717) is 5.13 Å². The maximum Gasteiger partial charge on any atom is 0.180 e. The molecule has 94 valence electrons. The topological polar surface area (TPSA) is 56.7 Å². The molecule has 4 nitrogen and oxygen atoms in total. The van der Waals surface area contributed by atoms with Gasteiger partial charge in [-0.3, -0.25) is 0 Å². The maximum atomic E-state index is 5.58. The van der Waals surface area contributed by atoms with Crippen molar-refractivity contribution in [2.45, 2.75) is 0 Å². The third kappa shape index (κ3) is 2.71. The molecule has 0 aliphatic rings. The van der Waals surface area contributed by atoms with E-state index in [0.717, 1.165) is 17.1 Å². The van der Waals surface area contributed by atoms with Gasteiger partial charge in [0.1, 0.15) is 0 Å². The second-order valence-corrected chi connectivity index (χ2v) is 4.87. The number of rotatable bonds is 3. The molecule has 0 amide bonds. The lowest BCUT2D eigenvalue weighted by Gasteiger charge is -1.98. The highest BCUT2D eigenvalue weighted by Crippen LogP contribution is 2.14. The molecule has 0 radical (unpaired) electrons. The quantitative estimate of drug-likeness (QED) is 0.794. The lowest BCUT2D eigenvalue weighted by Crippen LogP contribution is -1.87. The second-order valence-electron chi connectivity index (χ2n) is 3.99. The molecule has 0 aliphatic carbocycles. The van der Waals surface area contributed by atoms with Gasteiger partial charge >= 0.3 is 0 Å². The minimum Gasteiger partial charge on any atom is -0.375 e. The van der Waals surface area contributed by atoms with Crippen molar-refractivity contribution in [3.05, 3.63) is 59.6 Å². The van der Waals surface area contributed by atoms with Gasteiger partial charge in [-0.1, -0.05) is 18.2 Å². The highest BCUT2D eigenvalue weighted by Gasteiger charge is 1.98. The van der Waals surface area contributed by atoms with Crippen LogP contribution >= 0.6 is 11.3 Å². The molecule has 0 spiro atoms. The van der Waals surface area contributed by atoms with Crippen molar-refractivity contribution in [1.82, 2.24) is 14.5 Å². The smallest absolute Gasteiger partial charge is 0.180 e. The summed E-state index contributed by atoms with van der Waals surface area (Å²) in [5.74, 6) is 0. The number of nitrogens with zero attached hydrogens (tertiary/aromatic N) is 3. The summed E-state index contributed by atoms with van der Waals surface area (Å²) in [7, 11) is 0. The number of benzene rings is 1. The molecule has 2 N–H and O–H groups in total. The summed E-state index contributed by atoms with van der Waals surface area (Å²) >= 11 is 1.43. The highest BCUT2D eigenvalue weighted by atomic mass is 32.1. The number of hydrogen-bond donors (Lipinski definition) is 1. The van der Waals surface area contributed by atoms with Crippen LogP contribution in [0.25, 0.3) is 17.8 Å². The molecule has 19 heavy (non-hydrogen) atoms. The van der Waals surface area contributed by atoms with E-state index in [9.17, 15) is 0 Å². The predicted octanol–water partition coefficient (Wildman–Crippen LogP) is 3.08. The van der Waals surface area contributed by atoms with Crippen molar-refractivity contribution in [2.75, 3.05) is 5.73 Å². The summed E-state index contributed by atoms with van der Waals surface area (Å²) in [5.41, 5.74) is 8.41. The van der Waals surface area contributed by atoms with Crippen LogP contribution in [0.1, 0.15) is 11.4 Å². The van der Waals surface area contributed by atoms with E-state index in [1.807, 2.05) is 58.6 Å². The van der Waals surface area contributed by atoms with Gasteiger partial charge in [-0.25, -0.2) is 9.97 Å². The van der Waals surface area contributed by atoms with Crippen molar-refractivity contribution in [3.63, 3.8) is 0 Å². The van der Waals surface area contributed by atoms with Gasteiger partial charge in [0.15, 0.2) is 5.13 Å². The molecule has 0 atom stereocenters. The third-order valence-corrected chi connectivity index (χ3v) is 3.31. The third-order valence-electron chi connectivity index (χ3n) is 2.62. The van der Waals surface area contributed by atoms with Crippen LogP contribution in [0.4, 0.5) is 5.13 Å². The van der Waals surface area contributed by atoms with Gasteiger partial charge in [-0.15, -0.1) is 11.3 Å². The number of aromatic nitrogens is 3. The summed E-state index contributed by atoms with van der Waals surface area (Å²) < 4.78 is 1.98. The van der Waals surface area contributed by atoms with E-state index in [-0.39, 0.29) is 0 Å². The van der Waals surface area contributed by atoms with E-state index in [4.69, 9.17) is 5.73 Å². The summed E-state index contributed by atoms with van der Waals surface area (Å²) in [5, 5.41) is 2.49. The Morgan fingerprint density at radius 3 is 2.63 bits per heavy atom. The molecule has 0 saturated carbocycles. The van der Waals surface area contributed by atoms with Crippen LogP contribution in [0.2, 0.25) is 0 Å². The Balaban J connectivity index is 1.80. The average Bonchev–Trinajstić information content (AvgIpc) is 3.06. The van der Waals surface area contributed by atoms with Gasteiger partial charge in [0.25, 0.3) is 0 Å². The summed E-state index contributed by atoms with van der Waals surface area (Å²) in [4.78, 5) is 8.50. The van der Waals surface area contributed by atoms with Gasteiger partial charge in [0.2, 0.25) is 0 Å². The zero-order valence-electron chi connectivity index (χ0n) is 10.1. The summed E-state index contributed by atoms with van der Waals surface area (Å²) in [6.07, 6.45) is 7.60. The van der Waals surface area contributed by atoms with Crippen LogP contribution in [0.15, 0.2) is 48.2 Å². The van der Waals surface area contributed by atoms with E-state index in [1.165, 1.54) is 11.3 Å². The molecule has 0 unspecified atom stereocenters. The van der Waals surface area contributed by atoms with Crippen LogP contribution in [0.5, 0.6) is 0 Å². The highest BCUT2D eigenvalue weighted by molar-refractivity contribution is 7.13. The number of anilines is 1. The minimum absolute atomic E-state index is 0.578. The van der Waals surface area contributed by atoms with Gasteiger partial charge < -0.3 is 10.3 Å². The van der Waals surface area contributed by atoms with E-state index >= 15 is 0 Å². The number of nitrogen functional groups attached to an aromatic ring is 1. The fourth-order valence-corrected chi connectivity index (χ4v) is 2.24. The van der Waals surface area contributed by atoms with E-state index in [1.54, 1.807) is 6.33 Å². The molecule has 0 aliphatic heterocycles. The first kappa shape index (κ1) is 11.7. The summed E-state index contributed by atoms with van der Waals surface area (Å²) in [6, 6.07) is 10.1. The molecule has 5 heteroatoms. The van der Waals surface area contributed by atoms with Gasteiger partial charge in [-0.2, -0.15) is 0 Å². The van der Waals surface area contributed by atoms with Crippen LogP contribution in [-0.4, -0.2) is 14.5 Å². The van der Waals surface area contributed by atoms with Gasteiger partial charge in [0.05, 0.1) is 17.7 Å². The number of nitrogens with two attached hydrogens (primary N) is 1. The normalized spacial score (nSPS) is 11.2. The largest absolute Gasteiger partial charge is 0.375 e. The van der Waals surface area contributed by atoms with Crippen molar-refractivity contribution in [1.29, 1.82) is 0 Å². The first-order valence-electron chi connectivity index (χ1n) is 5.80. The molecule has 0 fully saturated rings.